The highest BCUT2D eigenvalue weighted by Gasteiger charge is 2.31. The lowest BCUT2D eigenvalue weighted by Gasteiger charge is -2.10. The highest BCUT2D eigenvalue weighted by molar-refractivity contribution is 8.00. The predicted molar refractivity (Wildman–Crippen MR) is 118 cm³/mol. The zero-order valence-corrected chi connectivity index (χ0v) is 18.1. The van der Waals surface area contributed by atoms with Crippen LogP contribution < -0.4 is 10.1 Å². The first-order valence-corrected chi connectivity index (χ1v) is 11.1. The van der Waals surface area contributed by atoms with Gasteiger partial charge >= 0.3 is 0 Å². The summed E-state index contributed by atoms with van der Waals surface area (Å²) in [6, 6.07) is 18.0. The summed E-state index contributed by atoms with van der Waals surface area (Å²) in [5.41, 5.74) is 2.17. The molecule has 1 saturated carbocycles. The zero-order chi connectivity index (χ0) is 20.9. The molecule has 1 fully saturated rings. The molecule has 2 aromatic carbocycles. The van der Waals surface area contributed by atoms with Crippen LogP contribution in [-0.4, -0.2) is 39.6 Å². The molecule has 4 rings (SSSR count). The van der Waals surface area contributed by atoms with Crippen LogP contribution in [0.15, 0.2) is 59.8 Å². The maximum Gasteiger partial charge on any atom is 0.233 e. The van der Waals surface area contributed by atoms with Crippen LogP contribution in [0.5, 0.6) is 5.75 Å². The molecule has 1 heterocycles. The highest BCUT2D eigenvalue weighted by atomic mass is 32.2. The number of hydrogen-bond donors (Lipinski definition) is 1. The Morgan fingerprint density at radius 3 is 2.60 bits per heavy atom. The van der Waals surface area contributed by atoms with Crippen LogP contribution in [0, 0.1) is 0 Å². The predicted octanol–water partition coefficient (Wildman–Crippen LogP) is 3.99. The summed E-state index contributed by atoms with van der Waals surface area (Å²) in [6.45, 7) is 2.49. The highest BCUT2D eigenvalue weighted by Crippen LogP contribution is 2.40. The van der Waals surface area contributed by atoms with Crippen molar-refractivity contribution in [1.29, 1.82) is 0 Å². The summed E-state index contributed by atoms with van der Waals surface area (Å²) in [5.74, 6) is 2.30. The molecule has 1 amide bonds. The normalized spacial score (nSPS) is 14.3. The minimum absolute atomic E-state index is 0.00227. The summed E-state index contributed by atoms with van der Waals surface area (Å²) >= 11 is 1.41. The number of benzene rings is 2. The van der Waals surface area contributed by atoms with Crippen LogP contribution in [0.2, 0.25) is 0 Å². The SMILES string of the molecule is COc1ccc(CCNC(=O)[C@@H](C)Sc2nc(C3CC3)n(-c3ccccc3)n2)cc1. The molecule has 30 heavy (non-hydrogen) atoms. The quantitative estimate of drug-likeness (QED) is 0.528. The second kappa shape index (κ2) is 9.34. The molecule has 156 valence electrons. The summed E-state index contributed by atoms with van der Waals surface area (Å²) in [5, 5.41) is 8.09. The van der Waals surface area contributed by atoms with Gasteiger partial charge in [0.1, 0.15) is 11.6 Å². The van der Waals surface area contributed by atoms with Gasteiger partial charge in [0, 0.05) is 12.5 Å². The van der Waals surface area contributed by atoms with Gasteiger partial charge in [0.25, 0.3) is 0 Å². The fourth-order valence-electron chi connectivity index (χ4n) is 3.20. The number of nitrogens with one attached hydrogen (secondary N) is 1. The van der Waals surface area contributed by atoms with E-state index < -0.39 is 0 Å². The number of hydrogen-bond acceptors (Lipinski definition) is 5. The van der Waals surface area contributed by atoms with E-state index in [1.54, 1.807) is 7.11 Å². The Kier molecular flexibility index (Phi) is 6.38. The first-order valence-electron chi connectivity index (χ1n) is 10.2. The van der Waals surface area contributed by atoms with Crippen LogP contribution in [0.4, 0.5) is 0 Å². The minimum Gasteiger partial charge on any atom is -0.497 e. The van der Waals surface area contributed by atoms with Gasteiger partial charge in [-0.1, -0.05) is 42.1 Å². The topological polar surface area (TPSA) is 69.0 Å². The zero-order valence-electron chi connectivity index (χ0n) is 17.2. The van der Waals surface area contributed by atoms with E-state index in [0.29, 0.717) is 17.6 Å². The van der Waals surface area contributed by atoms with Gasteiger partial charge in [-0.3, -0.25) is 4.79 Å². The van der Waals surface area contributed by atoms with E-state index in [0.717, 1.165) is 42.1 Å². The monoisotopic (exact) mass is 422 g/mol. The van der Waals surface area contributed by atoms with Crippen LogP contribution >= 0.6 is 11.8 Å². The smallest absolute Gasteiger partial charge is 0.233 e. The van der Waals surface area contributed by atoms with Crippen molar-refractivity contribution in [1.82, 2.24) is 20.1 Å². The van der Waals surface area contributed by atoms with Gasteiger partial charge < -0.3 is 10.1 Å². The molecule has 0 spiro atoms. The molecule has 3 aromatic rings. The van der Waals surface area contributed by atoms with Crippen molar-refractivity contribution in [3.63, 3.8) is 0 Å². The summed E-state index contributed by atoms with van der Waals surface area (Å²) < 4.78 is 7.10. The third-order valence-corrected chi connectivity index (χ3v) is 6.03. The summed E-state index contributed by atoms with van der Waals surface area (Å²) in [4.78, 5) is 17.3. The van der Waals surface area contributed by atoms with Gasteiger partial charge in [0.15, 0.2) is 0 Å². The lowest BCUT2D eigenvalue weighted by Crippen LogP contribution is -2.32. The third-order valence-electron chi connectivity index (χ3n) is 5.08. The summed E-state index contributed by atoms with van der Waals surface area (Å²) in [6.07, 6.45) is 3.08. The van der Waals surface area contributed by atoms with E-state index >= 15 is 0 Å². The van der Waals surface area contributed by atoms with Crippen LogP contribution in [0.1, 0.15) is 37.1 Å². The molecule has 6 nitrogen and oxygen atoms in total. The number of amides is 1. The Bertz CT molecular complexity index is 984. The molecular weight excluding hydrogens is 396 g/mol. The number of thioether (sulfide) groups is 1. The van der Waals surface area contributed by atoms with Crippen molar-refractivity contribution in [3.8, 4) is 11.4 Å². The van der Waals surface area contributed by atoms with Gasteiger partial charge in [-0.2, -0.15) is 0 Å². The van der Waals surface area contributed by atoms with Gasteiger partial charge in [0.2, 0.25) is 11.1 Å². The molecule has 1 atom stereocenters. The standard InChI is InChI=1S/C23H26N4O2S/c1-16(22(28)24-15-14-17-8-12-20(29-2)13-9-17)30-23-25-21(18-10-11-18)27(26-23)19-6-4-3-5-7-19/h3-9,12-13,16,18H,10-11,14-15H2,1-2H3,(H,24,28)/t16-/m1/s1. The molecule has 0 radical (unpaired) electrons. The van der Waals surface area contributed by atoms with Gasteiger partial charge in [-0.25, -0.2) is 9.67 Å². The number of aromatic nitrogens is 3. The van der Waals surface area contributed by atoms with Crippen LogP contribution in [-0.2, 0) is 11.2 Å². The van der Waals surface area contributed by atoms with Crippen molar-refractivity contribution in [2.45, 2.75) is 42.5 Å². The van der Waals surface area contributed by atoms with Crippen molar-refractivity contribution in [2.75, 3.05) is 13.7 Å². The lowest BCUT2D eigenvalue weighted by atomic mass is 10.1. The largest absolute Gasteiger partial charge is 0.497 e. The number of methoxy groups -OCH3 is 1. The third kappa shape index (κ3) is 5.02. The van der Waals surface area contributed by atoms with Crippen molar-refractivity contribution in [2.24, 2.45) is 0 Å². The number of carbonyl (C=O) groups is 1. The Labute approximate surface area is 181 Å². The minimum atomic E-state index is -0.264. The van der Waals surface area contributed by atoms with E-state index in [9.17, 15) is 4.79 Å². The molecule has 0 unspecified atom stereocenters. The Morgan fingerprint density at radius 1 is 1.20 bits per heavy atom. The number of para-hydroxylation sites is 1. The van der Waals surface area contributed by atoms with Gasteiger partial charge in [0.05, 0.1) is 18.0 Å². The van der Waals surface area contributed by atoms with Crippen LogP contribution in [0.25, 0.3) is 5.69 Å². The lowest BCUT2D eigenvalue weighted by molar-refractivity contribution is -0.120. The number of ether oxygens (including phenoxy) is 1. The number of rotatable bonds is 9. The molecule has 0 aliphatic heterocycles. The maximum absolute atomic E-state index is 12.5. The Morgan fingerprint density at radius 2 is 1.93 bits per heavy atom. The second-order valence-corrected chi connectivity index (χ2v) is 8.73. The number of carbonyl (C=O) groups excluding carboxylic acids is 1. The van der Waals surface area contributed by atoms with E-state index in [-0.39, 0.29) is 11.2 Å². The fraction of sp³-hybridized carbons (Fsp3) is 0.348. The molecule has 1 aliphatic carbocycles. The molecule has 1 N–H and O–H groups in total. The van der Waals surface area contributed by atoms with E-state index in [1.165, 1.54) is 11.8 Å². The van der Waals surface area contributed by atoms with E-state index in [2.05, 4.69) is 10.4 Å². The molecular formula is C23H26N4O2S. The van der Waals surface area contributed by atoms with Crippen molar-refractivity contribution < 1.29 is 9.53 Å². The first kappa shape index (κ1) is 20.5. The van der Waals surface area contributed by atoms with Crippen molar-refractivity contribution >= 4 is 17.7 Å². The molecule has 1 aliphatic rings. The van der Waals surface area contributed by atoms with E-state index in [4.69, 9.17) is 9.72 Å². The van der Waals surface area contributed by atoms with Gasteiger partial charge in [-0.15, -0.1) is 5.10 Å². The molecule has 7 heteroatoms. The molecule has 1 aromatic heterocycles. The number of nitrogens with zero attached hydrogens (tertiary/aromatic N) is 3. The second-order valence-electron chi connectivity index (χ2n) is 7.42. The maximum atomic E-state index is 12.5. The summed E-state index contributed by atoms with van der Waals surface area (Å²) in [7, 11) is 1.65. The average Bonchev–Trinajstić information content (AvgIpc) is 3.54. The van der Waals surface area contributed by atoms with Gasteiger partial charge in [-0.05, 0) is 56.0 Å². The Balaban J connectivity index is 1.34. The Hall–Kier alpha value is -2.80. The fourth-order valence-corrected chi connectivity index (χ4v) is 3.98. The first-order chi connectivity index (χ1) is 14.6. The van der Waals surface area contributed by atoms with E-state index in [1.807, 2.05) is 66.2 Å². The van der Waals surface area contributed by atoms with Crippen molar-refractivity contribution in [3.05, 3.63) is 66.0 Å². The van der Waals surface area contributed by atoms with Crippen LogP contribution in [0.3, 0.4) is 0 Å². The molecule has 0 saturated heterocycles. The molecule has 0 bridgehead atoms. The average molecular weight is 423 g/mol.